The lowest BCUT2D eigenvalue weighted by atomic mass is 9.86. The van der Waals surface area contributed by atoms with Gasteiger partial charge in [0, 0.05) is 16.8 Å². The van der Waals surface area contributed by atoms with E-state index < -0.39 is 11.6 Å². The van der Waals surface area contributed by atoms with Gasteiger partial charge < -0.3 is 5.73 Å². The predicted octanol–water partition coefficient (Wildman–Crippen LogP) is 3.36. The summed E-state index contributed by atoms with van der Waals surface area (Å²) >= 11 is 0. The number of aromatic nitrogens is 1. The molecule has 0 aliphatic heterocycles. The average Bonchev–Trinajstić information content (AvgIpc) is 2.48. The summed E-state index contributed by atoms with van der Waals surface area (Å²) in [6.07, 6.45) is 3.36. The second kappa shape index (κ2) is 5.13. The van der Waals surface area contributed by atoms with Crippen molar-refractivity contribution >= 4 is 5.82 Å². The van der Waals surface area contributed by atoms with E-state index >= 15 is 0 Å². The SMILES string of the molecule is N#Cc1c(N)nc2c(c1-c1cc(F)ccc1F)CCCC2. The first-order chi connectivity index (χ1) is 10.1. The molecule has 1 aliphatic rings. The van der Waals surface area contributed by atoms with Crippen molar-refractivity contribution in [3.63, 3.8) is 0 Å². The van der Waals surface area contributed by atoms with Gasteiger partial charge in [0.2, 0.25) is 0 Å². The third-order valence-electron chi connectivity index (χ3n) is 3.81. The van der Waals surface area contributed by atoms with E-state index in [1.54, 1.807) is 0 Å². The molecular formula is C16H13F2N3. The van der Waals surface area contributed by atoms with Gasteiger partial charge in [-0.2, -0.15) is 5.26 Å². The number of nitrogens with zero attached hydrogens (tertiary/aromatic N) is 2. The Hall–Kier alpha value is -2.48. The molecule has 2 aromatic rings. The molecule has 0 fully saturated rings. The van der Waals surface area contributed by atoms with Crippen LogP contribution < -0.4 is 5.73 Å². The largest absolute Gasteiger partial charge is 0.383 e. The molecule has 21 heavy (non-hydrogen) atoms. The van der Waals surface area contributed by atoms with Gasteiger partial charge in [-0.25, -0.2) is 13.8 Å². The topological polar surface area (TPSA) is 62.7 Å². The van der Waals surface area contributed by atoms with Crippen molar-refractivity contribution < 1.29 is 8.78 Å². The average molecular weight is 285 g/mol. The quantitative estimate of drug-likeness (QED) is 0.873. The zero-order chi connectivity index (χ0) is 15.0. The van der Waals surface area contributed by atoms with E-state index in [2.05, 4.69) is 4.98 Å². The molecule has 1 heterocycles. The Bertz CT molecular complexity index is 763. The minimum absolute atomic E-state index is 0.0804. The molecule has 0 unspecified atom stereocenters. The van der Waals surface area contributed by atoms with Crippen LogP contribution in [0.2, 0.25) is 0 Å². The van der Waals surface area contributed by atoms with Crippen LogP contribution in [0.15, 0.2) is 18.2 Å². The first-order valence-electron chi connectivity index (χ1n) is 6.78. The molecule has 1 aliphatic carbocycles. The van der Waals surface area contributed by atoms with Crippen LogP contribution in [0, 0.1) is 23.0 Å². The van der Waals surface area contributed by atoms with Crippen molar-refractivity contribution in [2.75, 3.05) is 5.73 Å². The van der Waals surface area contributed by atoms with Crippen LogP contribution in [0.5, 0.6) is 0 Å². The van der Waals surface area contributed by atoms with Crippen molar-refractivity contribution in [1.82, 2.24) is 4.98 Å². The van der Waals surface area contributed by atoms with Crippen LogP contribution in [0.4, 0.5) is 14.6 Å². The standard InChI is InChI=1S/C16H13F2N3/c17-9-5-6-13(18)11(7-9)15-10-3-1-2-4-14(10)21-16(20)12(15)8-19/h5-7H,1-4H2,(H2,20,21). The van der Waals surface area contributed by atoms with Gasteiger partial charge in [0.05, 0.1) is 0 Å². The monoisotopic (exact) mass is 285 g/mol. The summed E-state index contributed by atoms with van der Waals surface area (Å²) in [5.41, 5.74) is 8.04. The van der Waals surface area contributed by atoms with Gasteiger partial charge >= 0.3 is 0 Å². The first kappa shape index (κ1) is 13.5. The van der Waals surface area contributed by atoms with E-state index in [1.165, 1.54) is 0 Å². The number of fused-ring (bicyclic) bond motifs is 1. The molecule has 106 valence electrons. The van der Waals surface area contributed by atoms with E-state index in [4.69, 9.17) is 5.73 Å². The fourth-order valence-corrected chi connectivity index (χ4v) is 2.86. The number of hydrogen-bond acceptors (Lipinski definition) is 3. The summed E-state index contributed by atoms with van der Waals surface area (Å²) in [7, 11) is 0. The molecule has 0 atom stereocenters. The third-order valence-corrected chi connectivity index (χ3v) is 3.81. The molecule has 3 rings (SSSR count). The summed E-state index contributed by atoms with van der Waals surface area (Å²) in [6, 6.07) is 5.22. The highest BCUT2D eigenvalue weighted by molar-refractivity contribution is 5.79. The van der Waals surface area contributed by atoms with Crippen LogP contribution in [-0.2, 0) is 12.8 Å². The highest BCUT2D eigenvalue weighted by Gasteiger charge is 2.23. The Morgan fingerprint density at radius 3 is 2.71 bits per heavy atom. The molecule has 0 radical (unpaired) electrons. The van der Waals surface area contributed by atoms with Crippen LogP contribution in [0.25, 0.3) is 11.1 Å². The summed E-state index contributed by atoms with van der Waals surface area (Å²) in [4.78, 5) is 4.26. The Morgan fingerprint density at radius 2 is 1.95 bits per heavy atom. The fraction of sp³-hybridized carbons (Fsp3) is 0.250. The number of halogens is 2. The zero-order valence-electron chi connectivity index (χ0n) is 11.3. The molecule has 0 amide bonds. The maximum atomic E-state index is 14.1. The number of nitriles is 1. The highest BCUT2D eigenvalue weighted by atomic mass is 19.1. The van der Waals surface area contributed by atoms with E-state index in [0.29, 0.717) is 12.0 Å². The van der Waals surface area contributed by atoms with Gasteiger partial charge in [0.15, 0.2) is 0 Å². The normalized spacial score (nSPS) is 13.6. The van der Waals surface area contributed by atoms with E-state index in [0.717, 1.165) is 48.7 Å². The number of nitrogen functional groups attached to an aromatic ring is 1. The molecule has 1 aromatic carbocycles. The maximum absolute atomic E-state index is 14.1. The van der Waals surface area contributed by atoms with E-state index in [-0.39, 0.29) is 16.9 Å². The van der Waals surface area contributed by atoms with Crippen LogP contribution in [0.3, 0.4) is 0 Å². The molecule has 0 spiro atoms. The molecule has 0 saturated carbocycles. The molecule has 3 nitrogen and oxygen atoms in total. The van der Waals surface area contributed by atoms with Gasteiger partial charge in [-0.15, -0.1) is 0 Å². The van der Waals surface area contributed by atoms with Crippen molar-refractivity contribution in [2.24, 2.45) is 0 Å². The Labute approximate surface area is 121 Å². The van der Waals surface area contributed by atoms with Crippen molar-refractivity contribution in [2.45, 2.75) is 25.7 Å². The molecule has 1 aromatic heterocycles. The maximum Gasteiger partial charge on any atom is 0.142 e. The number of aryl methyl sites for hydroxylation is 1. The van der Waals surface area contributed by atoms with Crippen molar-refractivity contribution in [3.8, 4) is 17.2 Å². The number of hydrogen-bond donors (Lipinski definition) is 1. The van der Waals surface area contributed by atoms with Gasteiger partial charge in [-0.05, 0) is 49.4 Å². The summed E-state index contributed by atoms with van der Waals surface area (Å²) in [5, 5.41) is 9.34. The summed E-state index contributed by atoms with van der Waals surface area (Å²) < 4.78 is 27.6. The van der Waals surface area contributed by atoms with Gasteiger partial charge in [-0.1, -0.05) is 0 Å². The van der Waals surface area contributed by atoms with Crippen LogP contribution in [0.1, 0.15) is 29.7 Å². The molecule has 0 saturated heterocycles. The molecular weight excluding hydrogens is 272 g/mol. The third kappa shape index (κ3) is 2.23. The zero-order valence-corrected chi connectivity index (χ0v) is 11.3. The van der Waals surface area contributed by atoms with Crippen molar-refractivity contribution in [3.05, 3.63) is 46.7 Å². The second-order valence-electron chi connectivity index (χ2n) is 5.12. The Morgan fingerprint density at radius 1 is 1.19 bits per heavy atom. The minimum atomic E-state index is -0.564. The summed E-state index contributed by atoms with van der Waals surface area (Å²) in [6.45, 7) is 0. The Balaban J connectivity index is 2.37. The molecule has 0 bridgehead atoms. The lowest BCUT2D eigenvalue weighted by Crippen LogP contribution is -2.12. The van der Waals surface area contributed by atoms with Gasteiger partial charge in [-0.3, -0.25) is 0 Å². The lowest BCUT2D eigenvalue weighted by Gasteiger charge is -2.21. The minimum Gasteiger partial charge on any atom is -0.383 e. The van der Waals surface area contributed by atoms with E-state index in [1.807, 2.05) is 6.07 Å². The Kier molecular flexibility index (Phi) is 3.30. The van der Waals surface area contributed by atoms with Crippen LogP contribution in [-0.4, -0.2) is 4.98 Å². The second-order valence-corrected chi connectivity index (χ2v) is 5.12. The van der Waals surface area contributed by atoms with Gasteiger partial charge in [0.25, 0.3) is 0 Å². The number of benzene rings is 1. The van der Waals surface area contributed by atoms with E-state index in [9.17, 15) is 14.0 Å². The number of nitrogens with two attached hydrogens (primary N) is 1. The highest BCUT2D eigenvalue weighted by Crippen LogP contribution is 2.37. The van der Waals surface area contributed by atoms with Gasteiger partial charge in [0.1, 0.15) is 29.1 Å². The van der Waals surface area contributed by atoms with Crippen molar-refractivity contribution in [1.29, 1.82) is 5.26 Å². The summed E-state index contributed by atoms with van der Waals surface area (Å²) in [5.74, 6) is -1.03. The fourth-order valence-electron chi connectivity index (χ4n) is 2.86. The molecule has 5 heteroatoms. The number of rotatable bonds is 1. The number of pyridine rings is 1. The van der Waals surface area contributed by atoms with Crippen LogP contribution >= 0.6 is 0 Å². The predicted molar refractivity (Wildman–Crippen MR) is 75.4 cm³/mol. The smallest absolute Gasteiger partial charge is 0.142 e. The lowest BCUT2D eigenvalue weighted by molar-refractivity contribution is 0.602. The number of anilines is 1. The first-order valence-corrected chi connectivity index (χ1v) is 6.78. The molecule has 2 N–H and O–H groups in total.